The number of hydrogen-bond donors (Lipinski definition) is 1. The van der Waals surface area contributed by atoms with E-state index < -0.39 is 4.92 Å². The van der Waals surface area contributed by atoms with E-state index >= 15 is 0 Å². The summed E-state index contributed by atoms with van der Waals surface area (Å²) in [6.45, 7) is 0.602. The maximum absolute atomic E-state index is 10.8. The van der Waals surface area contributed by atoms with Crippen LogP contribution in [0.4, 0.5) is 11.4 Å². The molecule has 94 valence electrons. The molecule has 7 nitrogen and oxygen atoms in total. The van der Waals surface area contributed by atoms with Crippen LogP contribution >= 0.6 is 0 Å². The number of anilines is 1. The fourth-order valence-corrected chi connectivity index (χ4v) is 1.65. The first-order chi connectivity index (χ1) is 8.68. The third-order valence-electron chi connectivity index (χ3n) is 2.62. The summed E-state index contributed by atoms with van der Waals surface area (Å²) in [5.41, 5.74) is 1.54. The number of aryl methyl sites for hydroxylation is 1. The van der Waals surface area contributed by atoms with Crippen LogP contribution in [-0.4, -0.2) is 26.2 Å². The molecule has 0 atom stereocenters. The second kappa shape index (κ2) is 5.26. The molecule has 0 spiro atoms. The van der Waals surface area contributed by atoms with Gasteiger partial charge in [-0.2, -0.15) is 5.10 Å². The highest BCUT2D eigenvalue weighted by atomic mass is 16.6. The van der Waals surface area contributed by atoms with Gasteiger partial charge in [0.15, 0.2) is 0 Å². The van der Waals surface area contributed by atoms with Gasteiger partial charge in [-0.1, -0.05) is 0 Å². The van der Waals surface area contributed by atoms with Gasteiger partial charge in [0.25, 0.3) is 0 Å². The molecule has 0 unspecified atom stereocenters. The Bertz CT molecular complexity index is 552. The van der Waals surface area contributed by atoms with E-state index in [1.807, 2.05) is 13.1 Å². The SMILES string of the molecule is Cn1nccc1CCNc1ccncc1[N+](=O)[O-]. The Kier molecular flexibility index (Phi) is 3.52. The van der Waals surface area contributed by atoms with Crippen LogP contribution in [-0.2, 0) is 13.5 Å². The lowest BCUT2D eigenvalue weighted by Gasteiger charge is -2.06. The monoisotopic (exact) mass is 247 g/mol. The molecular formula is C11H13N5O2. The molecule has 7 heteroatoms. The first kappa shape index (κ1) is 12.0. The summed E-state index contributed by atoms with van der Waals surface area (Å²) in [6.07, 6.45) is 5.24. The third-order valence-corrected chi connectivity index (χ3v) is 2.62. The minimum atomic E-state index is -0.445. The summed E-state index contributed by atoms with van der Waals surface area (Å²) in [7, 11) is 1.87. The summed E-state index contributed by atoms with van der Waals surface area (Å²) in [6, 6.07) is 3.52. The van der Waals surface area contributed by atoms with E-state index in [9.17, 15) is 10.1 Å². The van der Waals surface area contributed by atoms with E-state index in [2.05, 4.69) is 15.4 Å². The van der Waals surface area contributed by atoms with Crippen LogP contribution in [0.3, 0.4) is 0 Å². The van der Waals surface area contributed by atoms with Crippen molar-refractivity contribution in [2.45, 2.75) is 6.42 Å². The van der Waals surface area contributed by atoms with Crippen molar-refractivity contribution in [2.75, 3.05) is 11.9 Å². The van der Waals surface area contributed by atoms with Crippen molar-refractivity contribution in [2.24, 2.45) is 7.05 Å². The van der Waals surface area contributed by atoms with Crippen LogP contribution in [0.15, 0.2) is 30.7 Å². The maximum atomic E-state index is 10.8. The first-order valence-electron chi connectivity index (χ1n) is 5.47. The number of nitro groups is 1. The second-order valence-electron chi connectivity index (χ2n) is 3.77. The molecule has 0 aliphatic rings. The summed E-state index contributed by atoms with van der Waals surface area (Å²) >= 11 is 0. The highest BCUT2D eigenvalue weighted by molar-refractivity contribution is 5.59. The minimum Gasteiger partial charge on any atom is -0.379 e. The lowest BCUT2D eigenvalue weighted by atomic mass is 10.3. The van der Waals surface area contributed by atoms with Gasteiger partial charge in [0.05, 0.1) is 4.92 Å². The standard InChI is InChI=1S/C11H13N5O2/c1-15-9(3-7-14-15)2-6-13-10-4-5-12-8-11(10)16(17)18/h3-5,7-8H,2,6H2,1H3,(H,12,13). The fourth-order valence-electron chi connectivity index (χ4n) is 1.65. The molecule has 0 amide bonds. The van der Waals surface area contributed by atoms with Crippen molar-refractivity contribution in [1.29, 1.82) is 0 Å². The van der Waals surface area contributed by atoms with Gasteiger partial charge in [0, 0.05) is 38.1 Å². The Morgan fingerprint density at radius 1 is 1.44 bits per heavy atom. The molecule has 1 N–H and O–H groups in total. The first-order valence-corrected chi connectivity index (χ1v) is 5.47. The number of aromatic nitrogens is 3. The zero-order valence-electron chi connectivity index (χ0n) is 9.91. The van der Waals surface area contributed by atoms with Gasteiger partial charge < -0.3 is 5.32 Å². The van der Waals surface area contributed by atoms with Crippen molar-refractivity contribution in [3.8, 4) is 0 Å². The molecule has 18 heavy (non-hydrogen) atoms. The summed E-state index contributed by atoms with van der Waals surface area (Å²) in [5, 5.41) is 17.9. The molecule has 0 saturated carbocycles. The highest BCUT2D eigenvalue weighted by Gasteiger charge is 2.12. The predicted octanol–water partition coefficient (Wildman–Crippen LogP) is 1.38. The van der Waals surface area contributed by atoms with Crippen LogP contribution in [0.25, 0.3) is 0 Å². The topological polar surface area (TPSA) is 85.9 Å². The average Bonchev–Trinajstić information content (AvgIpc) is 2.76. The molecule has 2 aromatic heterocycles. The summed E-state index contributed by atoms with van der Waals surface area (Å²) < 4.78 is 1.78. The largest absolute Gasteiger partial charge is 0.379 e. The van der Waals surface area contributed by atoms with Crippen LogP contribution in [0, 0.1) is 10.1 Å². The quantitative estimate of drug-likeness (QED) is 0.637. The molecule has 0 bridgehead atoms. The Labute approximate surface area is 104 Å². The van der Waals surface area contributed by atoms with Crippen molar-refractivity contribution in [3.63, 3.8) is 0 Å². The van der Waals surface area contributed by atoms with Crippen molar-refractivity contribution < 1.29 is 4.92 Å². The van der Waals surface area contributed by atoms with Gasteiger partial charge in [-0.3, -0.25) is 19.8 Å². The van der Waals surface area contributed by atoms with Gasteiger partial charge in [-0.25, -0.2) is 0 Å². The molecule has 0 fully saturated rings. The normalized spacial score (nSPS) is 10.3. The molecule has 0 aromatic carbocycles. The molecule has 0 aliphatic carbocycles. The zero-order valence-corrected chi connectivity index (χ0v) is 9.91. The van der Waals surface area contributed by atoms with Crippen molar-refractivity contribution >= 4 is 11.4 Å². The third kappa shape index (κ3) is 2.62. The molecular weight excluding hydrogens is 234 g/mol. The van der Waals surface area contributed by atoms with Crippen LogP contribution in [0.5, 0.6) is 0 Å². The number of nitrogens with zero attached hydrogens (tertiary/aromatic N) is 4. The smallest absolute Gasteiger partial charge is 0.310 e. The summed E-state index contributed by atoms with van der Waals surface area (Å²) in [5.74, 6) is 0. The van der Waals surface area contributed by atoms with Gasteiger partial charge in [0.2, 0.25) is 0 Å². The number of rotatable bonds is 5. The molecule has 2 aromatic rings. The van der Waals surface area contributed by atoms with Gasteiger partial charge >= 0.3 is 5.69 Å². The highest BCUT2D eigenvalue weighted by Crippen LogP contribution is 2.21. The Morgan fingerprint density at radius 2 is 2.28 bits per heavy atom. The Morgan fingerprint density at radius 3 is 2.94 bits per heavy atom. The average molecular weight is 247 g/mol. The Balaban J connectivity index is 1.99. The van der Waals surface area contributed by atoms with Crippen LogP contribution in [0.1, 0.15) is 5.69 Å². The Hall–Kier alpha value is -2.44. The lowest BCUT2D eigenvalue weighted by Crippen LogP contribution is -2.09. The van der Waals surface area contributed by atoms with E-state index in [1.165, 1.54) is 12.4 Å². The minimum absolute atomic E-state index is 0.0116. The second-order valence-corrected chi connectivity index (χ2v) is 3.77. The predicted molar refractivity (Wildman–Crippen MR) is 66.3 cm³/mol. The van der Waals surface area contributed by atoms with E-state index in [0.29, 0.717) is 12.2 Å². The van der Waals surface area contributed by atoms with Gasteiger partial charge in [0.1, 0.15) is 11.9 Å². The number of nitrogens with one attached hydrogen (secondary N) is 1. The molecule has 2 heterocycles. The zero-order chi connectivity index (χ0) is 13.0. The molecule has 2 rings (SSSR count). The number of hydrogen-bond acceptors (Lipinski definition) is 5. The van der Waals surface area contributed by atoms with Crippen molar-refractivity contribution in [3.05, 3.63) is 46.5 Å². The van der Waals surface area contributed by atoms with E-state index in [4.69, 9.17) is 0 Å². The van der Waals surface area contributed by atoms with Crippen molar-refractivity contribution in [1.82, 2.24) is 14.8 Å². The van der Waals surface area contributed by atoms with Crippen LogP contribution in [0.2, 0.25) is 0 Å². The number of pyridine rings is 1. The maximum Gasteiger partial charge on any atom is 0.310 e. The molecule has 0 aliphatic heterocycles. The van der Waals surface area contributed by atoms with Gasteiger partial charge in [-0.05, 0) is 12.1 Å². The lowest BCUT2D eigenvalue weighted by molar-refractivity contribution is -0.384. The molecule has 0 saturated heterocycles. The summed E-state index contributed by atoms with van der Waals surface area (Å²) in [4.78, 5) is 14.1. The van der Waals surface area contributed by atoms with E-state index in [0.717, 1.165) is 12.1 Å². The molecule has 0 radical (unpaired) electrons. The van der Waals surface area contributed by atoms with Gasteiger partial charge in [-0.15, -0.1) is 0 Å². The fraction of sp³-hybridized carbons (Fsp3) is 0.273. The van der Waals surface area contributed by atoms with Crippen LogP contribution < -0.4 is 5.32 Å². The van der Waals surface area contributed by atoms with E-state index in [1.54, 1.807) is 16.9 Å². The van der Waals surface area contributed by atoms with E-state index in [-0.39, 0.29) is 5.69 Å².